The maximum absolute atomic E-state index is 11.8. The molecule has 0 saturated carbocycles. The monoisotopic (exact) mass is 177 g/mol. The van der Waals surface area contributed by atoms with Gasteiger partial charge in [0.15, 0.2) is 0 Å². The fourth-order valence-corrected chi connectivity index (χ4v) is 1.76. The lowest BCUT2D eigenvalue weighted by Crippen LogP contribution is -2.19. The number of rotatable bonds is 2. The van der Waals surface area contributed by atoms with Crippen LogP contribution in [0, 0.1) is 0 Å². The van der Waals surface area contributed by atoms with Crippen LogP contribution in [-0.4, -0.2) is 13.1 Å². The summed E-state index contributed by atoms with van der Waals surface area (Å²) in [5.74, 6) is 0. The molecule has 0 aromatic heterocycles. The van der Waals surface area contributed by atoms with Gasteiger partial charge in [0.1, 0.15) is 0 Å². The lowest BCUT2D eigenvalue weighted by molar-refractivity contribution is 0.714. The molecule has 0 saturated heterocycles. The minimum Gasteiger partial charge on any atom is -0.367 e. The smallest absolute Gasteiger partial charge is 0.0844 e. The van der Waals surface area contributed by atoms with Crippen molar-refractivity contribution >= 4 is 5.69 Å². The highest BCUT2D eigenvalue weighted by atomic mass is 19.1. The molecule has 0 radical (unpaired) electrons. The van der Waals surface area contributed by atoms with E-state index in [0.29, 0.717) is 12.9 Å². The van der Waals surface area contributed by atoms with Gasteiger partial charge >= 0.3 is 0 Å². The maximum Gasteiger partial charge on any atom is 0.0844 e. The van der Waals surface area contributed by atoms with Crippen LogP contribution in [0.5, 0.6) is 0 Å². The number of anilines is 1. The Kier molecular flexibility index (Phi) is 2.30. The molecule has 1 aromatic carbocycles. The molecule has 1 heterocycles. The minimum absolute atomic E-state index is 0.612. The minimum atomic E-state index is 0.612. The standard InChI is InChI=1S/C11H12FN/c12-7-3-8-13-9-6-10-4-1-2-5-11(10)13/h1-5,7H,6,8-9H2. The van der Waals surface area contributed by atoms with Gasteiger partial charge in [-0.3, -0.25) is 0 Å². The molecular weight excluding hydrogens is 165 g/mol. The Morgan fingerprint density at radius 1 is 1.38 bits per heavy atom. The number of hydrogen-bond donors (Lipinski definition) is 0. The fraction of sp³-hybridized carbons (Fsp3) is 0.273. The lowest BCUT2D eigenvalue weighted by atomic mass is 10.2. The van der Waals surface area contributed by atoms with Crippen molar-refractivity contribution < 1.29 is 4.39 Å². The van der Waals surface area contributed by atoms with E-state index in [4.69, 9.17) is 0 Å². The third-order valence-corrected chi connectivity index (χ3v) is 2.40. The highest BCUT2D eigenvalue weighted by Crippen LogP contribution is 2.26. The molecule has 2 heteroatoms. The molecular formula is C11H12FN. The fourth-order valence-electron chi connectivity index (χ4n) is 1.76. The van der Waals surface area contributed by atoms with Crippen molar-refractivity contribution in [1.29, 1.82) is 0 Å². The Bertz CT molecular complexity index is 320. The van der Waals surface area contributed by atoms with Crippen LogP contribution < -0.4 is 4.90 Å². The van der Waals surface area contributed by atoms with Crippen LogP contribution in [0.15, 0.2) is 36.7 Å². The molecule has 68 valence electrons. The van der Waals surface area contributed by atoms with E-state index in [0.717, 1.165) is 13.0 Å². The number of hydrogen-bond acceptors (Lipinski definition) is 1. The van der Waals surface area contributed by atoms with Gasteiger partial charge in [0.2, 0.25) is 0 Å². The van der Waals surface area contributed by atoms with Gasteiger partial charge in [0, 0.05) is 18.8 Å². The first-order chi connectivity index (χ1) is 6.42. The zero-order valence-corrected chi connectivity index (χ0v) is 7.41. The van der Waals surface area contributed by atoms with Crippen LogP contribution in [0.1, 0.15) is 5.56 Å². The molecule has 1 nitrogen and oxygen atoms in total. The summed E-state index contributed by atoms with van der Waals surface area (Å²) < 4.78 is 11.8. The van der Waals surface area contributed by atoms with Crippen molar-refractivity contribution in [2.24, 2.45) is 0 Å². The first kappa shape index (κ1) is 8.30. The molecule has 0 fully saturated rings. The second kappa shape index (κ2) is 3.60. The molecule has 1 aliphatic heterocycles. The summed E-state index contributed by atoms with van der Waals surface area (Å²) in [5.41, 5.74) is 2.62. The summed E-state index contributed by atoms with van der Waals surface area (Å²) in [6.45, 7) is 1.68. The van der Waals surface area contributed by atoms with E-state index in [-0.39, 0.29) is 0 Å². The van der Waals surface area contributed by atoms with E-state index in [1.165, 1.54) is 11.3 Å². The third-order valence-electron chi connectivity index (χ3n) is 2.40. The Morgan fingerprint density at radius 3 is 3.08 bits per heavy atom. The molecule has 0 bridgehead atoms. The first-order valence-corrected chi connectivity index (χ1v) is 4.50. The van der Waals surface area contributed by atoms with Crippen LogP contribution in [0.4, 0.5) is 10.1 Å². The zero-order chi connectivity index (χ0) is 9.10. The van der Waals surface area contributed by atoms with E-state index in [2.05, 4.69) is 17.0 Å². The van der Waals surface area contributed by atoms with E-state index in [9.17, 15) is 4.39 Å². The van der Waals surface area contributed by atoms with Crippen LogP contribution in [-0.2, 0) is 6.42 Å². The van der Waals surface area contributed by atoms with Crippen LogP contribution in [0.3, 0.4) is 0 Å². The topological polar surface area (TPSA) is 3.24 Å². The van der Waals surface area contributed by atoms with Gasteiger partial charge in [0.25, 0.3) is 0 Å². The summed E-state index contributed by atoms with van der Waals surface area (Å²) >= 11 is 0. The van der Waals surface area contributed by atoms with Crippen molar-refractivity contribution in [1.82, 2.24) is 0 Å². The molecule has 0 unspecified atom stereocenters. The first-order valence-electron chi connectivity index (χ1n) is 4.50. The summed E-state index contributed by atoms with van der Waals surface area (Å²) in [6, 6.07) is 8.30. The van der Waals surface area contributed by atoms with Crippen LogP contribution in [0.25, 0.3) is 0 Å². The van der Waals surface area contributed by atoms with Crippen molar-refractivity contribution in [3.63, 3.8) is 0 Å². The van der Waals surface area contributed by atoms with Gasteiger partial charge in [-0.1, -0.05) is 18.2 Å². The Morgan fingerprint density at radius 2 is 2.23 bits per heavy atom. The Labute approximate surface area is 77.5 Å². The van der Waals surface area contributed by atoms with Crippen LogP contribution >= 0.6 is 0 Å². The number of halogens is 1. The number of benzene rings is 1. The molecule has 1 aromatic rings. The van der Waals surface area contributed by atoms with Crippen molar-refractivity contribution in [3.8, 4) is 0 Å². The van der Waals surface area contributed by atoms with Crippen LogP contribution in [0.2, 0.25) is 0 Å². The van der Waals surface area contributed by atoms with E-state index >= 15 is 0 Å². The van der Waals surface area contributed by atoms with Gasteiger partial charge in [-0.25, -0.2) is 4.39 Å². The SMILES string of the molecule is FC=CCN1CCc2ccccc21. The molecule has 0 spiro atoms. The Balaban J connectivity index is 2.18. The molecule has 0 aliphatic carbocycles. The van der Waals surface area contributed by atoms with Gasteiger partial charge in [-0.05, 0) is 24.1 Å². The van der Waals surface area contributed by atoms with E-state index < -0.39 is 0 Å². The second-order valence-electron chi connectivity index (χ2n) is 3.19. The van der Waals surface area contributed by atoms with Crippen molar-refractivity contribution in [2.45, 2.75) is 6.42 Å². The normalized spacial score (nSPS) is 15.3. The predicted octanol–water partition coefficient (Wildman–Crippen LogP) is 2.53. The molecule has 0 atom stereocenters. The van der Waals surface area contributed by atoms with Gasteiger partial charge in [-0.15, -0.1) is 0 Å². The Hall–Kier alpha value is -1.31. The average molecular weight is 177 g/mol. The van der Waals surface area contributed by atoms with E-state index in [1.54, 1.807) is 6.08 Å². The lowest BCUT2D eigenvalue weighted by Gasteiger charge is -2.16. The number of nitrogens with zero attached hydrogens (tertiary/aromatic N) is 1. The quantitative estimate of drug-likeness (QED) is 0.671. The largest absolute Gasteiger partial charge is 0.367 e. The molecule has 0 N–H and O–H groups in total. The second-order valence-corrected chi connectivity index (χ2v) is 3.19. The van der Waals surface area contributed by atoms with Gasteiger partial charge in [0.05, 0.1) is 6.33 Å². The zero-order valence-electron chi connectivity index (χ0n) is 7.41. The van der Waals surface area contributed by atoms with Crippen molar-refractivity contribution in [2.75, 3.05) is 18.0 Å². The summed E-state index contributed by atoms with van der Waals surface area (Å²) in [6.07, 6.45) is 3.24. The maximum atomic E-state index is 11.8. The molecule has 1 aliphatic rings. The van der Waals surface area contributed by atoms with Crippen molar-refractivity contribution in [3.05, 3.63) is 42.2 Å². The number of fused-ring (bicyclic) bond motifs is 1. The highest BCUT2D eigenvalue weighted by Gasteiger charge is 2.16. The predicted molar refractivity (Wildman–Crippen MR) is 52.6 cm³/mol. The third kappa shape index (κ3) is 1.57. The molecule has 13 heavy (non-hydrogen) atoms. The molecule has 0 amide bonds. The molecule has 2 rings (SSSR count). The van der Waals surface area contributed by atoms with E-state index in [1.807, 2.05) is 12.1 Å². The number of para-hydroxylation sites is 1. The summed E-state index contributed by atoms with van der Waals surface area (Å²) in [7, 11) is 0. The average Bonchev–Trinajstić information content (AvgIpc) is 2.58. The summed E-state index contributed by atoms with van der Waals surface area (Å²) in [4.78, 5) is 2.19. The highest BCUT2D eigenvalue weighted by molar-refractivity contribution is 5.58. The van der Waals surface area contributed by atoms with Gasteiger partial charge < -0.3 is 4.90 Å². The summed E-state index contributed by atoms with van der Waals surface area (Å²) in [5, 5.41) is 0. The van der Waals surface area contributed by atoms with Gasteiger partial charge in [-0.2, -0.15) is 0 Å².